The van der Waals surface area contributed by atoms with Crippen molar-refractivity contribution in [1.82, 2.24) is 0 Å². The van der Waals surface area contributed by atoms with Crippen LogP contribution >= 0.6 is 7.14 Å². The third kappa shape index (κ3) is 3.14. The largest absolute Gasteiger partial charge is 0.507 e. The molecule has 12 aliphatic carbocycles. The van der Waals surface area contributed by atoms with E-state index in [9.17, 15) is 5.11 Å². The molecule has 0 spiro atoms. The van der Waals surface area contributed by atoms with E-state index in [2.05, 4.69) is 25.8 Å². The quantitative estimate of drug-likeness (QED) is 0.256. The van der Waals surface area contributed by atoms with Gasteiger partial charge in [0.25, 0.3) is 0 Å². The van der Waals surface area contributed by atoms with E-state index >= 15 is 4.57 Å². The number of hydrogen-bond acceptors (Lipinski definition) is 3. The molecule has 0 saturated heterocycles. The van der Waals surface area contributed by atoms with E-state index in [1.165, 1.54) is 28.7 Å². The van der Waals surface area contributed by atoms with Crippen molar-refractivity contribution < 1.29 is 14.4 Å². The van der Waals surface area contributed by atoms with Crippen LogP contribution in [0.5, 0.6) is 11.5 Å². The smallest absolute Gasteiger partial charge is 0.142 e. The maximum atomic E-state index is 17.8. The monoisotopic (exact) mass is 646 g/mol. The van der Waals surface area contributed by atoms with Crippen molar-refractivity contribution in [2.45, 2.75) is 92.8 Å². The first-order valence-corrected chi connectivity index (χ1v) is 20.2. The standard InChI is InChI=1S/C43H51O3P/c1-22-31-10-28-13-34(22)25(4)41(16-28,19-31)37-8-9-38(44)40(39(37)46-7)47(45,42-17-29-11-32(20-42)23(2)35(14-29)26(42)5)43-18-30-12-33(21-43)24(3)36(15-30)27(43)6/h8-9,28-36,44H,1-6,10-21H2,7H3. The van der Waals surface area contributed by atoms with Gasteiger partial charge in [-0.3, -0.25) is 0 Å². The maximum Gasteiger partial charge on any atom is 0.142 e. The summed E-state index contributed by atoms with van der Waals surface area (Å²) in [6, 6.07) is 3.99. The van der Waals surface area contributed by atoms with E-state index in [1.54, 1.807) is 7.11 Å². The zero-order valence-corrected chi connectivity index (χ0v) is 29.2. The molecule has 12 saturated carbocycles. The van der Waals surface area contributed by atoms with Gasteiger partial charge in [0.05, 0.1) is 22.7 Å². The average molecular weight is 647 g/mol. The number of rotatable bonds is 5. The summed E-state index contributed by atoms with van der Waals surface area (Å²) in [7, 11) is -1.83. The summed E-state index contributed by atoms with van der Waals surface area (Å²) >= 11 is 0. The van der Waals surface area contributed by atoms with Crippen molar-refractivity contribution in [2.75, 3.05) is 7.11 Å². The van der Waals surface area contributed by atoms with E-state index in [0.717, 1.165) is 87.3 Å². The highest BCUT2D eigenvalue weighted by Crippen LogP contribution is 2.86. The second kappa shape index (κ2) is 8.98. The summed E-state index contributed by atoms with van der Waals surface area (Å²) in [5.41, 5.74) is 8.33. The van der Waals surface area contributed by atoms with Crippen LogP contribution in [-0.2, 0) is 9.98 Å². The molecule has 0 heterocycles. The van der Waals surface area contributed by atoms with Crippen LogP contribution in [-0.4, -0.2) is 22.5 Å². The van der Waals surface area contributed by atoms with Crippen LogP contribution in [0.4, 0.5) is 0 Å². The van der Waals surface area contributed by atoms with Gasteiger partial charge in [0.1, 0.15) is 18.6 Å². The lowest BCUT2D eigenvalue weighted by Gasteiger charge is -2.68. The van der Waals surface area contributed by atoms with Gasteiger partial charge >= 0.3 is 0 Å². The van der Waals surface area contributed by atoms with Crippen molar-refractivity contribution in [1.29, 1.82) is 0 Å². The highest BCUT2D eigenvalue weighted by atomic mass is 31.2. The Bertz CT molecular complexity index is 1760. The summed E-state index contributed by atoms with van der Waals surface area (Å²) in [6.07, 6.45) is 12.2. The summed E-state index contributed by atoms with van der Waals surface area (Å²) < 4.78 is 24.4. The first kappa shape index (κ1) is 29.4. The van der Waals surface area contributed by atoms with Crippen molar-refractivity contribution >= 4 is 12.4 Å². The molecule has 12 aliphatic rings. The predicted octanol–water partition coefficient (Wildman–Crippen LogP) is 9.79. The van der Waals surface area contributed by atoms with Gasteiger partial charge in [-0.05, 0) is 119 Å². The predicted molar refractivity (Wildman–Crippen MR) is 191 cm³/mol. The molecule has 12 bridgehead atoms. The topological polar surface area (TPSA) is 46.5 Å². The zero-order chi connectivity index (χ0) is 32.6. The summed E-state index contributed by atoms with van der Waals surface area (Å²) in [5, 5.41) is 11.8. The SMILES string of the molecule is C=C1C2CC3CC1C(=C)C(c1ccc(O)c(P(=O)(C45CC6CC(C4)C(=C)C(C6)C5=C)C45CC6CC(C4)C(=C)C(C6)C5=C)c1OC)(C3)C2. The third-order valence-electron chi connectivity index (χ3n) is 16.6. The van der Waals surface area contributed by atoms with Crippen molar-refractivity contribution in [3.05, 3.63) is 90.6 Å². The number of ether oxygens (including phenoxy) is 1. The third-order valence-corrected chi connectivity index (χ3v) is 21.3. The Balaban J connectivity index is 1.26. The molecule has 47 heavy (non-hydrogen) atoms. The van der Waals surface area contributed by atoms with Crippen molar-refractivity contribution in [2.24, 2.45) is 53.3 Å². The van der Waals surface area contributed by atoms with Crippen LogP contribution in [0.3, 0.4) is 0 Å². The average Bonchev–Trinajstić information content (AvgIpc) is 3.05. The first-order chi connectivity index (χ1) is 22.4. The summed E-state index contributed by atoms with van der Waals surface area (Å²) in [4.78, 5) is 0. The lowest BCUT2D eigenvalue weighted by molar-refractivity contribution is 0.0936. The Hall–Kier alpha value is -2.51. The molecule has 13 rings (SSSR count). The summed E-state index contributed by atoms with van der Waals surface area (Å²) in [6.45, 7) is 28.4. The molecule has 12 fully saturated rings. The molecule has 12 unspecified atom stereocenters. The molecule has 0 amide bonds. The fourth-order valence-corrected chi connectivity index (χ4v) is 20.5. The number of phenolic OH excluding ortho intramolecular Hbond substituents is 1. The van der Waals surface area contributed by atoms with Crippen LogP contribution in [0.1, 0.15) is 82.6 Å². The lowest BCUT2D eigenvalue weighted by Crippen LogP contribution is -2.62. The lowest BCUT2D eigenvalue weighted by atomic mass is 9.45. The van der Waals surface area contributed by atoms with Crippen LogP contribution in [0.15, 0.2) is 85.0 Å². The van der Waals surface area contributed by atoms with Gasteiger partial charge in [-0.15, -0.1) is 0 Å². The molecule has 0 aromatic heterocycles. The molecule has 4 heteroatoms. The van der Waals surface area contributed by atoms with Crippen LogP contribution in [0.25, 0.3) is 0 Å². The van der Waals surface area contributed by atoms with Gasteiger partial charge < -0.3 is 14.4 Å². The summed E-state index contributed by atoms with van der Waals surface area (Å²) in [5.74, 6) is 4.39. The Kier molecular flexibility index (Phi) is 5.62. The van der Waals surface area contributed by atoms with Gasteiger partial charge in [0, 0.05) is 28.7 Å². The van der Waals surface area contributed by atoms with Gasteiger partial charge in [0.15, 0.2) is 0 Å². The van der Waals surface area contributed by atoms with E-state index in [0.29, 0.717) is 52.5 Å². The number of methoxy groups -OCH3 is 1. The van der Waals surface area contributed by atoms with E-state index in [1.807, 2.05) is 6.07 Å². The molecule has 246 valence electrons. The van der Waals surface area contributed by atoms with Gasteiger partial charge in [0.2, 0.25) is 0 Å². The van der Waals surface area contributed by atoms with E-state index < -0.39 is 17.5 Å². The number of aromatic hydroxyl groups is 1. The number of allylic oxidation sites excluding steroid dienone is 6. The number of hydrogen-bond donors (Lipinski definition) is 1. The molecule has 1 aromatic rings. The van der Waals surface area contributed by atoms with Crippen molar-refractivity contribution in [3.8, 4) is 11.5 Å². The Morgan fingerprint density at radius 1 is 0.660 bits per heavy atom. The second-order valence-electron chi connectivity index (χ2n) is 18.1. The van der Waals surface area contributed by atoms with Gasteiger partial charge in [-0.2, -0.15) is 0 Å². The minimum absolute atomic E-state index is 0.137. The Labute approximate surface area is 281 Å². The minimum atomic E-state index is -3.58. The molecule has 1 aromatic carbocycles. The zero-order valence-electron chi connectivity index (χ0n) is 28.3. The molecule has 1 N–H and O–H groups in total. The molecular weight excluding hydrogens is 595 g/mol. The van der Waals surface area contributed by atoms with Crippen LogP contribution in [0.2, 0.25) is 0 Å². The highest BCUT2D eigenvalue weighted by Gasteiger charge is 2.73. The van der Waals surface area contributed by atoms with Gasteiger partial charge in [-0.25, -0.2) is 0 Å². The normalized spacial score (nSPS) is 48.1. The van der Waals surface area contributed by atoms with E-state index in [4.69, 9.17) is 24.5 Å². The molecule has 0 radical (unpaired) electrons. The van der Waals surface area contributed by atoms with Crippen molar-refractivity contribution in [3.63, 3.8) is 0 Å². The molecular formula is C43H51O3P. The Morgan fingerprint density at radius 3 is 1.64 bits per heavy atom. The maximum absolute atomic E-state index is 17.8. The first-order valence-electron chi connectivity index (χ1n) is 18.5. The highest BCUT2D eigenvalue weighted by molar-refractivity contribution is 7.75. The molecule has 12 atom stereocenters. The van der Waals surface area contributed by atoms with E-state index in [-0.39, 0.29) is 23.0 Å². The Morgan fingerprint density at radius 2 is 1.13 bits per heavy atom. The number of benzene rings is 1. The fraction of sp³-hybridized carbons (Fsp3) is 0.581. The molecule has 3 nitrogen and oxygen atoms in total. The molecule has 0 aliphatic heterocycles. The fourth-order valence-electron chi connectivity index (χ4n) is 14.8. The minimum Gasteiger partial charge on any atom is -0.507 e. The van der Waals surface area contributed by atoms with Crippen LogP contribution < -0.4 is 10.0 Å². The number of phenols is 1. The van der Waals surface area contributed by atoms with Crippen LogP contribution in [0, 0.1) is 53.3 Å². The van der Waals surface area contributed by atoms with Gasteiger partial charge in [-0.1, -0.05) is 79.0 Å². The second-order valence-corrected chi connectivity index (χ2v) is 21.4.